The van der Waals surface area contributed by atoms with Gasteiger partial charge in [0.25, 0.3) is 0 Å². The first-order valence-corrected chi connectivity index (χ1v) is 6.62. The van der Waals surface area contributed by atoms with E-state index in [1.807, 2.05) is 22.9 Å². The summed E-state index contributed by atoms with van der Waals surface area (Å²) in [5.74, 6) is 0.441. The fourth-order valence-corrected chi connectivity index (χ4v) is 2.62. The molecule has 0 fully saturated rings. The number of hydrogen-bond donors (Lipinski definition) is 1. The van der Waals surface area contributed by atoms with E-state index in [-0.39, 0.29) is 0 Å². The predicted molar refractivity (Wildman–Crippen MR) is 74.8 cm³/mol. The van der Waals surface area contributed by atoms with Crippen molar-refractivity contribution in [2.75, 3.05) is 5.73 Å². The van der Waals surface area contributed by atoms with Crippen LogP contribution < -0.4 is 5.73 Å². The second kappa shape index (κ2) is 4.37. The quantitative estimate of drug-likeness (QED) is 0.774. The molecule has 0 unspecified atom stereocenters. The molecule has 0 aliphatic rings. The van der Waals surface area contributed by atoms with Gasteiger partial charge in [-0.15, -0.1) is 11.3 Å². The number of fused-ring (bicyclic) bond motifs is 1. The van der Waals surface area contributed by atoms with Crippen LogP contribution in [-0.2, 0) is 6.54 Å². The van der Waals surface area contributed by atoms with Gasteiger partial charge in [0.1, 0.15) is 0 Å². The van der Waals surface area contributed by atoms with E-state index in [0.717, 1.165) is 21.7 Å². The van der Waals surface area contributed by atoms with E-state index in [2.05, 4.69) is 16.0 Å². The summed E-state index contributed by atoms with van der Waals surface area (Å²) in [6.45, 7) is 2.54. The zero-order chi connectivity index (χ0) is 13.4. The van der Waals surface area contributed by atoms with Crippen molar-refractivity contribution in [2.45, 2.75) is 13.5 Å². The number of thiazole rings is 1. The molecule has 0 radical (unpaired) electrons. The Bertz CT molecular complexity index is 793. The monoisotopic (exact) mass is 269 g/mol. The molecule has 0 atom stereocenters. The molecule has 0 aliphatic heterocycles. The lowest BCUT2D eigenvalue weighted by molar-refractivity contribution is 0.813. The molecule has 94 valence electrons. The van der Waals surface area contributed by atoms with E-state index in [0.29, 0.717) is 18.1 Å². The number of rotatable bonds is 2. The van der Waals surface area contributed by atoms with Gasteiger partial charge in [0.05, 0.1) is 39.9 Å². The molecule has 0 spiro atoms. The van der Waals surface area contributed by atoms with Crippen molar-refractivity contribution in [1.29, 1.82) is 5.26 Å². The van der Waals surface area contributed by atoms with Gasteiger partial charge in [-0.25, -0.2) is 9.97 Å². The van der Waals surface area contributed by atoms with Crippen molar-refractivity contribution in [2.24, 2.45) is 0 Å². The number of aromatic nitrogens is 3. The van der Waals surface area contributed by atoms with Crippen molar-refractivity contribution in [3.63, 3.8) is 0 Å². The van der Waals surface area contributed by atoms with Crippen molar-refractivity contribution in [3.05, 3.63) is 39.8 Å². The summed E-state index contributed by atoms with van der Waals surface area (Å²) in [6, 6.07) is 7.49. The second-order valence-electron chi connectivity index (χ2n) is 4.23. The fraction of sp³-hybridized carbons (Fsp3) is 0.154. The van der Waals surface area contributed by atoms with Gasteiger partial charge in [-0.1, -0.05) is 0 Å². The Hall–Kier alpha value is -2.39. The normalized spacial score (nSPS) is 10.7. The molecule has 0 saturated heterocycles. The first-order valence-electron chi connectivity index (χ1n) is 5.74. The number of anilines is 1. The largest absolute Gasteiger partial charge is 0.369 e. The Balaban J connectivity index is 2.11. The topological polar surface area (TPSA) is 80.5 Å². The summed E-state index contributed by atoms with van der Waals surface area (Å²) >= 11 is 1.61. The molecular formula is C13H11N5S. The lowest BCUT2D eigenvalue weighted by atomic mass is 10.2. The third-order valence-electron chi connectivity index (χ3n) is 2.89. The average molecular weight is 269 g/mol. The number of benzene rings is 1. The van der Waals surface area contributed by atoms with Crippen LogP contribution in [0.15, 0.2) is 23.6 Å². The van der Waals surface area contributed by atoms with Crippen LogP contribution in [0.4, 0.5) is 5.95 Å². The summed E-state index contributed by atoms with van der Waals surface area (Å²) in [5.41, 5.74) is 9.16. The molecule has 6 heteroatoms. The average Bonchev–Trinajstić information content (AvgIpc) is 2.94. The van der Waals surface area contributed by atoms with E-state index < -0.39 is 0 Å². The Morgan fingerprint density at radius 2 is 2.26 bits per heavy atom. The van der Waals surface area contributed by atoms with Gasteiger partial charge in [-0.2, -0.15) is 5.26 Å². The van der Waals surface area contributed by atoms with Crippen molar-refractivity contribution >= 4 is 28.3 Å². The smallest absolute Gasteiger partial charge is 0.201 e. The maximum atomic E-state index is 8.97. The number of nitrogen functional groups attached to an aromatic ring is 1. The molecule has 19 heavy (non-hydrogen) atoms. The minimum atomic E-state index is 0.441. The molecule has 0 aliphatic carbocycles. The number of nitriles is 1. The lowest BCUT2D eigenvalue weighted by Crippen LogP contribution is -2.04. The van der Waals surface area contributed by atoms with Gasteiger partial charge >= 0.3 is 0 Å². The summed E-state index contributed by atoms with van der Waals surface area (Å²) in [7, 11) is 0. The van der Waals surface area contributed by atoms with Crippen LogP contribution in [0.2, 0.25) is 0 Å². The first-order chi connectivity index (χ1) is 9.17. The third-order valence-corrected chi connectivity index (χ3v) is 3.72. The van der Waals surface area contributed by atoms with Crippen LogP contribution in [0.1, 0.15) is 16.3 Å². The van der Waals surface area contributed by atoms with Gasteiger partial charge in [-0.05, 0) is 25.1 Å². The Morgan fingerprint density at radius 1 is 1.42 bits per heavy atom. The highest BCUT2D eigenvalue weighted by atomic mass is 32.1. The standard InChI is InChI=1S/C13H11N5S/c1-8-16-10(7-19-8)6-18-12-4-9(5-14)2-3-11(12)17-13(18)15/h2-4,7H,6H2,1H3,(H2,15,17). The number of hydrogen-bond acceptors (Lipinski definition) is 5. The van der Waals surface area contributed by atoms with Crippen LogP contribution in [0.25, 0.3) is 11.0 Å². The van der Waals surface area contributed by atoms with E-state index in [4.69, 9.17) is 11.0 Å². The molecule has 3 rings (SSSR count). The van der Waals surface area contributed by atoms with E-state index in [1.165, 1.54) is 0 Å². The second-order valence-corrected chi connectivity index (χ2v) is 5.29. The van der Waals surface area contributed by atoms with E-state index >= 15 is 0 Å². The number of nitrogens with zero attached hydrogens (tertiary/aromatic N) is 4. The molecule has 2 heterocycles. The van der Waals surface area contributed by atoms with E-state index in [1.54, 1.807) is 23.5 Å². The predicted octanol–water partition coefficient (Wildman–Crippen LogP) is 2.30. The Kier molecular flexibility index (Phi) is 2.69. The summed E-state index contributed by atoms with van der Waals surface area (Å²) in [5, 5.41) is 12.0. The van der Waals surface area contributed by atoms with Crippen LogP contribution in [-0.4, -0.2) is 14.5 Å². The van der Waals surface area contributed by atoms with Crippen LogP contribution in [0.5, 0.6) is 0 Å². The van der Waals surface area contributed by atoms with E-state index in [9.17, 15) is 0 Å². The molecule has 2 aromatic heterocycles. The van der Waals surface area contributed by atoms with Gasteiger partial charge in [0.15, 0.2) is 0 Å². The van der Waals surface area contributed by atoms with Crippen LogP contribution in [0.3, 0.4) is 0 Å². The molecule has 0 bridgehead atoms. The number of nitrogens with two attached hydrogens (primary N) is 1. The van der Waals surface area contributed by atoms with Gasteiger partial charge in [0.2, 0.25) is 5.95 Å². The van der Waals surface area contributed by atoms with Crippen LogP contribution in [0, 0.1) is 18.3 Å². The number of aryl methyl sites for hydroxylation is 1. The highest BCUT2D eigenvalue weighted by molar-refractivity contribution is 7.09. The minimum absolute atomic E-state index is 0.441. The highest BCUT2D eigenvalue weighted by Crippen LogP contribution is 2.21. The zero-order valence-electron chi connectivity index (χ0n) is 10.3. The SMILES string of the molecule is Cc1nc(Cn2c(N)nc3ccc(C#N)cc32)cs1. The summed E-state index contributed by atoms with van der Waals surface area (Å²) in [6.07, 6.45) is 0. The van der Waals surface area contributed by atoms with Gasteiger partial charge in [-0.3, -0.25) is 0 Å². The van der Waals surface area contributed by atoms with Gasteiger partial charge in [0, 0.05) is 5.38 Å². The number of imidazole rings is 1. The van der Waals surface area contributed by atoms with Crippen molar-refractivity contribution < 1.29 is 0 Å². The highest BCUT2D eigenvalue weighted by Gasteiger charge is 2.10. The van der Waals surface area contributed by atoms with Crippen molar-refractivity contribution in [1.82, 2.24) is 14.5 Å². The molecule has 3 aromatic rings. The minimum Gasteiger partial charge on any atom is -0.369 e. The molecule has 0 amide bonds. The Labute approximate surface area is 113 Å². The van der Waals surface area contributed by atoms with Gasteiger partial charge < -0.3 is 10.3 Å². The maximum absolute atomic E-state index is 8.97. The van der Waals surface area contributed by atoms with Crippen LogP contribution >= 0.6 is 11.3 Å². The third kappa shape index (κ3) is 2.04. The molecule has 1 aromatic carbocycles. The molecule has 5 nitrogen and oxygen atoms in total. The molecule has 2 N–H and O–H groups in total. The summed E-state index contributed by atoms with van der Waals surface area (Å²) < 4.78 is 1.88. The first kappa shape index (κ1) is 11.7. The molecular weight excluding hydrogens is 258 g/mol. The molecule has 0 saturated carbocycles. The van der Waals surface area contributed by atoms with Crippen molar-refractivity contribution in [3.8, 4) is 6.07 Å². The Morgan fingerprint density at radius 3 is 2.95 bits per heavy atom. The zero-order valence-corrected chi connectivity index (χ0v) is 11.1. The summed E-state index contributed by atoms with van der Waals surface area (Å²) in [4.78, 5) is 8.72. The fourth-order valence-electron chi connectivity index (χ4n) is 2.02. The maximum Gasteiger partial charge on any atom is 0.201 e. The lowest BCUT2D eigenvalue weighted by Gasteiger charge is -2.04.